The van der Waals surface area contributed by atoms with Crippen LogP contribution < -0.4 is 0 Å². The summed E-state index contributed by atoms with van der Waals surface area (Å²) in [5, 5.41) is 1.46. The average molecular weight is 447 g/mol. The summed E-state index contributed by atoms with van der Waals surface area (Å²) in [6, 6.07) is 6.71. The van der Waals surface area contributed by atoms with E-state index >= 15 is 0 Å². The summed E-state index contributed by atoms with van der Waals surface area (Å²) < 4.78 is 1.17. The zero-order chi connectivity index (χ0) is 19.6. The highest BCUT2D eigenvalue weighted by molar-refractivity contribution is 9.10. The molecule has 1 N–H and O–H groups in total. The van der Waals surface area contributed by atoms with Crippen LogP contribution in [-0.2, 0) is 12.8 Å². The average Bonchev–Trinajstić information content (AvgIpc) is 3.05. The summed E-state index contributed by atoms with van der Waals surface area (Å²) in [4.78, 5) is 3.66. The number of aromatic amines is 1. The monoisotopic (exact) mass is 445 g/mol. The number of hydrogen-bond acceptors (Lipinski definition) is 0. The van der Waals surface area contributed by atoms with Gasteiger partial charge in [0.1, 0.15) is 0 Å². The first-order valence-electron chi connectivity index (χ1n) is 12.1. The van der Waals surface area contributed by atoms with E-state index in [2.05, 4.69) is 46.0 Å². The molecule has 3 rings (SSSR count). The third kappa shape index (κ3) is 6.65. The SMILES string of the molecule is CCCCCCCCCCCCCCC1CCc2[nH]c3cc(Br)ccc3c2C1. The molecule has 28 heavy (non-hydrogen) atoms. The lowest BCUT2D eigenvalue weighted by molar-refractivity contribution is 0.403. The van der Waals surface area contributed by atoms with Crippen LogP contribution in [0.25, 0.3) is 10.9 Å². The van der Waals surface area contributed by atoms with Crippen LogP contribution in [0.1, 0.15) is 108 Å². The molecule has 0 aliphatic heterocycles. The van der Waals surface area contributed by atoms with Crippen molar-refractivity contribution in [2.24, 2.45) is 5.92 Å². The van der Waals surface area contributed by atoms with E-state index in [0.717, 1.165) is 5.92 Å². The molecular formula is C26H40BrN. The van der Waals surface area contributed by atoms with Crippen LogP contribution in [0.5, 0.6) is 0 Å². The predicted octanol–water partition coefficient (Wildman–Crippen LogP) is 9.13. The lowest BCUT2D eigenvalue weighted by Crippen LogP contribution is -2.13. The second-order valence-electron chi connectivity index (χ2n) is 9.06. The molecule has 0 amide bonds. The number of halogens is 1. The van der Waals surface area contributed by atoms with Gasteiger partial charge in [0.05, 0.1) is 0 Å². The molecule has 0 fully saturated rings. The van der Waals surface area contributed by atoms with Crippen molar-refractivity contribution in [1.82, 2.24) is 4.98 Å². The third-order valence-electron chi connectivity index (χ3n) is 6.72. The van der Waals surface area contributed by atoms with E-state index in [0.29, 0.717) is 0 Å². The predicted molar refractivity (Wildman–Crippen MR) is 127 cm³/mol. The molecule has 156 valence electrons. The smallest absolute Gasteiger partial charge is 0.0470 e. The van der Waals surface area contributed by atoms with Crippen molar-refractivity contribution in [2.75, 3.05) is 0 Å². The van der Waals surface area contributed by atoms with Crippen molar-refractivity contribution in [3.63, 3.8) is 0 Å². The Balaban J connectivity index is 1.25. The third-order valence-corrected chi connectivity index (χ3v) is 7.21. The van der Waals surface area contributed by atoms with Gasteiger partial charge in [-0.05, 0) is 42.9 Å². The minimum atomic E-state index is 0.901. The van der Waals surface area contributed by atoms with E-state index in [1.54, 1.807) is 5.56 Å². The molecule has 2 aromatic rings. The Hall–Kier alpha value is -0.760. The van der Waals surface area contributed by atoms with E-state index in [1.807, 2.05) is 0 Å². The first kappa shape index (κ1) is 21.9. The molecule has 1 aliphatic rings. The maximum absolute atomic E-state index is 3.66. The molecule has 1 heterocycles. The Morgan fingerprint density at radius 3 is 2.21 bits per heavy atom. The van der Waals surface area contributed by atoms with Crippen molar-refractivity contribution < 1.29 is 0 Å². The molecule has 1 aromatic heterocycles. The summed E-state index contributed by atoms with van der Waals surface area (Å²) in [7, 11) is 0. The van der Waals surface area contributed by atoms with E-state index < -0.39 is 0 Å². The summed E-state index contributed by atoms with van der Waals surface area (Å²) >= 11 is 3.60. The molecule has 0 saturated heterocycles. The quantitative estimate of drug-likeness (QED) is 0.295. The fourth-order valence-corrected chi connectivity index (χ4v) is 5.35. The van der Waals surface area contributed by atoms with Crippen molar-refractivity contribution in [2.45, 2.75) is 110 Å². The van der Waals surface area contributed by atoms with E-state index in [-0.39, 0.29) is 0 Å². The molecule has 0 saturated carbocycles. The van der Waals surface area contributed by atoms with Crippen LogP contribution in [-0.4, -0.2) is 4.98 Å². The number of aryl methyl sites for hydroxylation is 1. The molecule has 0 spiro atoms. The molecule has 1 nitrogen and oxygen atoms in total. The van der Waals surface area contributed by atoms with Crippen LogP contribution in [0.15, 0.2) is 22.7 Å². The number of fused-ring (bicyclic) bond motifs is 3. The van der Waals surface area contributed by atoms with Crippen molar-refractivity contribution in [3.8, 4) is 0 Å². The molecule has 0 bridgehead atoms. The van der Waals surface area contributed by atoms with E-state index in [9.17, 15) is 0 Å². The van der Waals surface area contributed by atoms with Crippen LogP contribution in [0.4, 0.5) is 0 Å². The second kappa shape index (κ2) is 12.1. The largest absolute Gasteiger partial charge is 0.358 e. The zero-order valence-corrected chi connectivity index (χ0v) is 19.6. The molecule has 1 atom stereocenters. The summed E-state index contributed by atoms with van der Waals surface area (Å²) in [6.45, 7) is 2.30. The Morgan fingerprint density at radius 1 is 0.893 bits per heavy atom. The lowest BCUT2D eigenvalue weighted by atomic mass is 9.83. The van der Waals surface area contributed by atoms with Gasteiger partial charge in [0.2, 0.25) is 0 Å². The van der Waals surface area contributed by atoms with Crippen LogP contribution in [0, 0.1) is 5.92 Å². The number of unbranched alkanes of at least 4 members (excludes halogenated alkanes) is 11. The Labute approximate surface area is 181 Å². The maximum Gasteiger partial charge on any atom is 0.0470 e. The van der Waals surface area contributed by atoms with Gasteiger partial charge in [-0.3, -0.25) is 0 Å². The fraction of sp³-hybridized carbons (Fsp3) is 0.692. The maximum atomic E-state index is 3.66. The fourth-order valence-electron chi connectivity index (χ4n) is 4.99. The molecule has 2 heteroatoms. The molecule has 0 radical (unpaired) electrons. The summed E-state index contributed by atoms with van der Waals surface area (Å²) in [6.07, 6.45) is 22.7. The normalized spacial score (nSPS) is 16.6. The first-order chi connectivity index (χ1) is 13.8. The van der Waals surface area contributed by atoms with Crippen LogP contribution >= 0.6 is 15.9 Å². The minimum absolute atomic E-state index is 0.901. The van der Waals surface area contributed by atoms with Gasteiger partial charge in [-0.1, -0.05) is 112 Å². The second-order valence-corrected chi connectivity index (χ2v) is 9.97. The Morgan fingerprint density at radius 2 is 1.54 bits per heavy atom. The summed E-state index contributed by atoms with van der Waals surface area (Å²) in [5.74, 6) is 0.901. The van der Waals surface area contributed by atoms with Crippen molar-refractivity contribution in [3.05, 3.63) is 33.9 Å². The Kier molecular flexibility index (Phi) is 9.44. The van der Waals surface area contributed by atoms with Gasteiger partial charge in [-0.2, -0.15) is 0 Å². The van der Waals surface area contributed by atoms with Gasteiger partial charge in [0.15, 0.2) is 0 Å². The lowest BCUT2D eigenvalue weighted by Gasteiger charge is -2.22. The Bertz CT molecular complexity index is 702. The number of hydrogen-bond donors (Lipinski definition) is 1. The topological polar surface area (TPSA) is 15.8 Å². The van der Waals surface area contributed by atoms with Gasteiger partial charge in [0.25, 0.3) is 0 Å². The van der Waals surface area contributed by atoms with Gasteiger partial charge in [-0.15, -0.1) is 0 Å². The van der Waals surface area contributed by atoms with Gasteiger partial charge >= 0.3 is 0 Å². The standard InChI is InChI=1S/C26H40BrN/c1-2-3-4-5-6-7-8-9-10-11-12-13-14-21-15-18-25-24(19-21)23-17-16-22(27)20-26(23)28-25/h16-17,20-21,28H,2-15,18-19H2,1H3. The summed E-state index contributed by atoms with van der Waals surface area (Å²) in [5.41, 5.74) is 4.42. The highest BCUT2D eigenvalue weighted by Gasteiger charge is 2.22. The van der Waals surface area contributed by atoms with Crippen LogP contribution in [0.2, 0.25) is 0 Å². The molecule has 1 unspecified atom stereocenters. The minimum Gasteiger partial charge on any atom is -0.358 e. The molecule has 1 aliphatic carbocycles. The van der Waals surface area contributed by atoms with Crippen LogP contribution in [0.3, 0.4) is 0 Å². The van der Waals surface area contributed by atoms with Crippen molar-refractivity contribution in [1.29, 1.82) is 0 Å². The highest BCUT2D eigenvalue weighted by Crippen LogP contribution is 2.34. The highest BCUT2D eigenvalue weighted by atomic mass is 79.9. The van der Waals surface area contributed by atoms with Crippen molar-refractivity contribution >= 4 is 26.8 Å². The van der Waals surface area contributed by atoms with Gasteiger partial charge in [0, 0.05) is 21.1 Å². The van der Waals surface area contributed by atoms with Gasteiger partial charge in [-0.25, -0.2) is 0 Å². The number of nitrogens with one attached hydrogen (secondary N) is 1. The van der Waals surface area contributed by atoms with E-state index in [1.165, 1.54) is 124 Å². The first-order valence-corrected chi connectivity index (χ1v) is 12.9. The molecule has 1 aromatic carbocycles. The zero-order valence-electron chi connectivity index (χ0n) is 18.0. The molecular weight excluding hydrogens is 406 g/mol. The number of H-pyrrole nitrogens is 1. The number of benzene rings is 1. The van der Waals surface area contributed by atoms with Gasteiger partial charge < -0.3 is 4.98 Å². The van der Waals surface area contributed by atoms with E-state index in [4.69, 9.17) is 0 Å². The number of aromatic nitrogens is 1. The number of rotatable bonds is 13.